The molecular weight excluding hydrogens is 212 g/mol. The molecule has 0 bridgehead atoms. The van der Waals surface area contributed by atoms with E-state index in [9.17, 15) is 0 Å². The van der Waals surface area contributed by atoms with Gasteiger partial charge in [0.25, 0.3) is 0 Å². The highest BCUT2D eigenvalue weighted by Crippen LogP contribution is 2.31. The smallest absolute Gasteiger partial charge is 0.119 e. The van der Waals surface area contributed by atoms with E-state index in [1.807, 2.05) is 26.0 Å². The molecule has 3 heteroatoms. The van der Waals surface area contributed by atoms with Gasteiger partial charge < -0.3 is 10.5 Å². The number of benzene rings is 1. The molecule has 0 saturated heterocycles. The molecule has 0 saturated carbocycles. The molecule has 0 atom stereocenters. The van der Waals surface area contributed by atoms with E-state index in [1.165, 1.54) is 0 Å². The van der Waals surface area contributed by atoms with Crippen molar-refractivity contribution in [3.05, 3.63) is 29.0 Å². The molecule has 0 aliphatic carbocycles. The van der Waals surface area contributed by atoms with Crippen molar-refractivity contribution in [1.29, 1.82) is 0 Å². The molecule has 0 aliphatic heterocycles. The first-order valence-electron chi connectivity index (χ1n) is 5.81. The van der Waals surface area contributed by atoms with Gasteiger partial charge in [-0.2, -0.15) is 0 Å². The lowest BCUT2D eigenvalue weighted by molar-refractivity contribution is 0.415. The van der Waals surface area contributed by atoms with Crippen LogP contribution in [-0.4, -0.2) is 12.1 Å². The van der Waals surface area contributed by atoms with E-state index < -0.39 is 0 Å². The highest BCUT2D eigenvalue weighted by atomic mass is 16.5. The normalized spacial score (nSPS) is 10.8. The minimum atomic E-state index is 0.828. The van der Waals surface area contributed by atoms with Crippen molar-refractivity contribution in [2.24, 2.45) is 0 Å². The molecule has 90 valence electrons. The van der Waals surface area contributed by atoms with Gasteiger partial charge in [0, 0.05) is 16.8 Å². The van der Waals surface area contributed by atoms with Crippen LogP contribution in [0, 0.1) is 13.8 Å². The van der Waals surface area contributed by atoms with Gasteiger partial charge in [-0.05, 0) is 43.5 Å². The summed E-state index contributed by atoms with van der Waals surface area (Å²) in [6.07, 6.45) is 0.900. The zero-order chi connectivity index (χ0) is 12.6. The van der Waals surface area contributed by atoms with Gasteiger partial charge in [0.05, 0.1) is 12.6 Å². The Kier molecular flexibility index (Phi) is 2.92. The number of anilines is 1. The monoisotopic (exact) mass is 230 g/mol. The third-order valence-corrected chi connectivity index (χ3v) is 3.19. The number of pyridine rings is 1. The molecule has 1 aromatic carbocycles. The summed E-state index contributed by atoms with van der Waals surface area (Å²) in [5, 5.41) is 0.990. The van der Waals surface area contributed by atoms with E-state index in [4.69, 9.17) is 10.5 Å². The van der Waals surface area contributed by atoms with Crippen LogP contribution in [0.25, 0.3) is 10.9 Å². The van der Waals surface area contributed by atoms with Crippen LogP contribution >= 0.6 is 0 Å². The maximum absolute atomic E-state index is 6.23. The van der Waals surface area contributed by atoms with Crippen molar-refractivity contribution < 1.29 is 4.74 Å². The molecule has 0 aliphatic rings. The van der Waals surface area contributed by atoms with Crippen molar-refractivity contribution in [2.75, 3.05) is 12.8 Å². The van der Waals surface area contributed by atoms with E-state index >= 15 is 0 Å². The number of nitrogens with zero attached hydrogens (tertiary/aromatic N) is 1. The Balaban J connectivity index is 2.87. The Labute approximate surface area is 102 Å². The molecule has 0 spiro atoms. The molecule has 1 heterocycles. The Morgan fingerprint density at radius 2 is 2.00 bits per heavy atom. The Morgan fingerprint density at radius 3 is 2.59 bits per heavy atom. The van der Waals surface area contributed by atoms with Crippen LogP contribution in [0.4, 0.5) is 5.69 Å². The molecule has 1 aromatic heterocycles. The van der Waals surface area contributed by atoms with E-state index in [0.29, 0.717) is 0 Å². The summed E-state index contributed by atoms with van der Waals surface area (Å²) in [7, 11) is 1.67. The van der Waals surface area contributed by atoms with Crippen molar-refractivity contribution in [1.82, 2.24) is 4.98 Å². The lowest BCUT2D eigenvalue weighted by atomic mass is 10.0. The molecule has 2 aromatic rings. The molecular formula is C14H18N2O. The number of rotatable bonds is 2. The fourth-order valence-electron chi connectivity index (χ4n) is 2.26. The topological polar surface area (TPSA) is 48.1 Å². The SMILES string of the molecule is CCc1c(C)nc2c(C)cc(OC)cc2c1N. The van der Waals surface area contributed by atoms with Gasteiger partial charge in [0.1, 0.15) is 5.75 Å². The first-order chi connectivity index (χ1) is 8.08. The summed E-state index contributed by atoms with van der Waals surface area (Å²) in [6.45, 7) is 6.14. The largest absolute Gasteiger partial charge is 0.497 e. The van der Waals surface area contributed by atoms with Crippen LogP contribution in [0.5, 0.6) is 5.75 Å². The van der Waals surface area contributed by atoms with E-state index in [0.717, 1.165) is 45.6 Å². The van der Waals surface area contributed by atoms with Crippen LogP contribution in [0.2, 0.25) is 0 Å². The predicted octanol–water partition coefficient (Wildman–Crippen LogP) is 3.00. The maximum atomic E-state index is 6.23. The zero-order valence-corrected chi connectivity index (χ0v) is 10.8. The quantitative estimate of drug-likeness (QED) is 0.862. The minimum Gasteiger partial charge on any atom is -0.497 e. The van der Waals surface area contributed by atoms with E-state index in [-0.39, 0.29) is 0 Å². The van der Waals surface area contributed by atoms with Crippen molar-refractivity contribution in [3.63, 3.8) is 0 Å². The summed E-state index contributed by atoms with van der Waals surface area (Å²) in [5.74, 6) is 0.828. The number of nitrogens with two attached hydrogens (primary N) is 1. The summed E-state index contributed by atoms with van der Waals surface area (Å²) >= 11 is 0. The number of aryl methyl sites for hydroxylation is 2. The fourth-order valence-corrected chi connectivity index (χ4v) is 2.26. The average Bonchev–Trinajstić information content (AvgIpc) is 2.31. The zero-order valence-electron chi connectivity index (χ0n) is 10.8. The maximum Gasteiger partial charge on any atom is 0.119 e. The minimum absolute atomic E-state index is 0.828. The lowest BCUT2D eigenvalue weighted by Crippen LogP contribution is -2.02. The predicted molar refractivity (Wildman–Crippen MR) is 71.6 cm³/mol. The molecule has 0 amide bonds. The van der Waals surface area contributed by atoms with E-state index in [2.05, 4.69) is 11.9 Å². The molecule has 0 unspecified atom stereocenters. The van der Waals surface area contributed by atoms with Crippen LogP contribution in [-0.2, 0) is 6.42 Å². The van der Waals surface area contributed by atoms with Gasteiger partial charge in [0.2, 0.25) is 0 Å². The Hall–Kier alpha value is -1.77. The number of methoxy groups -OCH3 is 1. The summed E-state index contributed by atoms with van der Waals surface area (Å²) < 4.78 is 5.28. The third-order valence-electron chi connectivity index (χ3n) is 3.19. The van der Waals surface area contributed by atoms with Crippen molar-refractivity contribution >= 4 is 16.6 Å². The van der Waals surface area contributed by atoms with Gasteiger partial charge in [-0.25, -0.2) is 0 Å². The molecule has 17 heavy (non-hydrogen) atoms. The van der Waals surface area contributed by atoms with Crippen molar-refractivity contribution in [3.8, 4) is 5.75 Å². The summed E-state index contributed by atoms with van der Waals surface area (Å²) in [4.78, 5) is 4.65. The first-order valence-corrected chi connectivity index (χ1v) is 5.81. The average molecular weight is 230 g/mol. The number of ether oxygens (including phenoxy) is 1. The Morgan fingerprint density at radius 1 is 1.29 bits per heavy atom. The number of hydrogen-bond donors (Lipinski definition) is 1. The van der Waals surface area contributed by atoms with Crippen LogP contribution in [0.1, 0.15) is 23.7 Å². The highest BCUT2D eigenvalue weighted by molar-refractivity contribution is 5.95. The van der Waals surface area contributed by atoms with E-state index in [1.54, 1.807) is 7.11 Å². The summed E-state index contributed by atoms with van der Waals surface area (Å²) in [6, 6.07) is 3.95. The van der Waals surface area contributed by atoms with Gasteiger partial charge in [-0.3, -0.25) is 4.98 Å². The molecule has 3 nitrogen and oxygen atoms in total. The van der Waals surface area contributed by atoms with Gasteiger partial charge in [0.15, 0.2) is 0 Å². The second-order valence-corrected chi connectivity index (χ2v) is 4.28. The third kappa shape index (κ3) is 1.82. The number of nitrogen functional groups attached to an aromatic ring is 1. The molecule has 0 fully saturated rings. The fraction of sp³-hybridized carbons (Fsp3) is 0.357. The second-order valence-electron chi connectivity index (χ2n) is 4.28. The standard InChI is InChI=1S/C14H18N2O/c1-5-11-9(3)16-14-8(2)6-10(17-4)7-12(14)13(11)15/h6-7H,5H2,1-4H3,(H2,15,16). The van der Waals surface area contributed by atoms with Gasteiger partial charge in [-0.15, -0.1) is 0 Å². The second kappa shape index (κ2) is 4.24. The highest BCUT2D eigenvalue weighted by Gasteiger charge is 2.11. The van der Waals surface area contributed by atoms with Crippen LogP contribution < -0.4 is 10.5 Å². The molecule has 0 radical (unpaired) electrons. The van der Waals surface area contributed by atoms with Crippen LogP contribution in [0.15, 0.2) is 12.1 Å². The van der Waals surface area contributed by atoms with Crippen molar-refractivity contribution in [2.45, 2.75) is 27.2 Å². The summed E-state index contributed by atoms with van der Waals surface area (Å²) in [5.41, 5.74) is 11.3. The van der Waals surface area contributed by atoms with Gasteiger partial charge >= 0.3 is 0 Å². The number of aromatic nitrogens is 1. The Bertz CT molecular complexity index is 576. The first kappa shape index (κ1) is 11.7. The van der Waals surface area contributed by atoms with Gasteiger partial charge in [-0.1, -0.05) is 6.92 Å². The molecule has 2 N–H and O–H groups in total. The lowest BCUT2D eigenvalue weighted by Gasteiger charge is -2.13. The number of hydrogen-bond acceptors (Lipinski definition) is 3. The van der Waals surface area contributed by atoms with Crippen LogP contribution in [0.3, 0.4) is 0 Å². The molecule has 2 rings (SSSR count). The number of fused-ring (bicyclic) bond motifs is 1.